The summed E-state index contributed by atoms with van der Waals surface area (Å²) in [4.78, 5) is 4.46. The lowest BCUT2D eigenvalue weighted by molar-refractivity contribution is 0.152. The molecule has 5 N–H and O–H groups in total. The number of hydrogen-bond acceptors (Lipinski definition) is 6. The molecule has 9 nitrogen and oxygen atoms in total. The quantitative estimate of drug-likeness (QED) is 0.0849. The van der Waals surface area contributed by atoms with Crippen molar-refractivity contribution in [1.82, 2.24) is 24.5 Å². The fraction of sp³-hybridized carbons (Fsp3) is 0.371. The molecule has 5 aromatic rings. The van der Waals surface area contributed by atoms with Gasteiger partial charge < -0.3 is 16.7 Å². The van der Waals surface area contributed by atoms with Gasteiger partial charge in [0.05, 0.1) is 35.2 Å². The number of hydrogen-bond donors (Lipinski definition) is 3. The zero-order valence-electron chi connectivity index (χ0n) is 26.2. The highest BCUT2D eigenvalue weighted by molar-refractivity contribution is 5.94. The number of pyridine rings is 1. The molecule has 3 heterocycles. The Kier molecular flexibility index (Phi) is 9.75. The summed E-state index contributed by atoms with van der Waals surface area (Å²) in [5, 5.41) is 25.1. The Labute approximate surface area is 259 Å². The van der Waals surface area contributed by atoms with Gasteiger partial charge in [0.25, 0.3) is 0 Å². The molecule has 230 valence electrons. The van der Waals surface area contributed by atoms with Gasteiger partial charge in [-0.05, 0) is 56.4 Å². The van der Waals surface area contributed by atoms with Crippen molar-refractivity contribution in [3.05, 3.63) is 95.6 Å². The number of aliphatic hydroxyl groups is 1. The van der Waals surface area contributed by atoms with Crippen LogP contribution in [-0.2, 0) is 6.54 Å². The number of nitrogens with two attached hydrogens (primary N) is 2. The summed E-state index contributed by atoms with van der Waals surface area (Å²) in [5.41, 5.74) is 13.6. The number of aliphatic hydroxyl groups excluding tert-OH is 1. The smallest absolute Gasteiger partial charge is 0.122 e. The molecule has 1 aliphatic carbocycles. The van der Waals surface area contributed by atoms with E-state index in [0.29, 0.717) is 24.2 Å². The van der Waals surface area contributed by atoms with E-state index in [1.807, 2.05) is 71.0 Å². The highest BCUT2D eigenvalue weighted by Crippen LogP contribution is 2.36. The van der Waals surface area contributed by atoms with Gasteiger partial charge in [-0.25, -0.2) is 4.68 Å². The number of benzene rings is 2. The maximum atomic E-state index is 10.7. The van der Waals surface area contributed by atoms with E-state index < -0.39 is 6.10 Å². The van der Waals surface area contributed by atoms with Crippen molar-refractivity contribution in [2.45, 2.75) is 78.4 Å². The molecule has 1 aliphatic rings. The molecule has 1 unspecified atom stereocenters. The molecule has 44 heavy (non-hydrogen) atoms. The zero-order chi connectivity index (χ0) is 31.2. The third-order valence-corrected chi connectivity index (χ3v) is 8.52. The normalized spacial score (nSPS) is 14.9. The van der Waals surface area contributed by atoms with Crippen LogP contribution < -0.4 is 11.6 Å². The van der Waals surface area contributed by atoms with Gasteiger partial charge in [0.2, 0.25) is 0 Å². The average Bonchev–Trinajstić information content (AvgIpc) is 3.62. The minimum absolute atomic E-state index is 0.297. The summed E-state index contributed by atoms with van der Waals surface area (Å²) in [6, 6.07) is 19.8. The Morgan fingerprint density at radius 2 is 1.73 bits per heavy atom. The average molecular weight is 593 g/mol. The summed E-state index contributed by atoms with van der Waals surface area (Å²) in [7, 11) is 0. The number of hydrazone groups is 1. The monoisotopic (exact) mass is 592 g/mol. The van der Waals surface area contributed by atoms with E-state index in [4.69, 9.17) is 21.8 Å². The number of rotatable bonds is 7. The number of aryl methyl sites for hydroxylation is 1. The summed E-state index contributed by atoms with van der Waals surface area (Å²) in [5.74, 6) is 6.47. The van der Waals surface area contributed by atoms with Crippen LogP contribution >= 0.6 is 0 Å². The first-order valence-electron chi connectivity index (χ1n) is 15.5. The molecular formula is C35H44N8O. The van der Waals surface area contributed by atoms with Gasteiger partial charge >= 0.3 is 0 Å². The summed E-state index contributed by atoms with van der Waals surface area (Å²) < 4.78 is 3.84. The second-order valence-corrected chi connectivity index (χ2v) is 11.9. The number of fused-ring (bicyclic) bond motifs is 1. The molecule has 9 heteroatoms. The van der Waals surface area contributed by atoms with Gasteiger partial charge in [-0.15, -0.1) is 0 Å². The molecule has 3 aromatic heterocycles. The third kappa shape index (κ3) is 6.68. The van der Waals surface area contributed by atoms with Crippen molar-refractivity contribution in [3.63, 3.8) is 0 Å². The molecule has 0 spiro atoms. The zero-order valence-corrected chi connectivity index (χ0v) is 26.2. The Hall–Kier alpha value is -4.50. The molecular weight excluding hydrogens is 548 g/mol. The lowest BCUT2D eigenvalue weighted by Gasteiger charge is -2.19. The van der Waals surface area contributed by atoms with Crippen molar-refractivity contribution in [1.29, 1.82) is 0 Å². The predicted octanol–water partition coefficient (Wildman–Crippen LogP) is 6.56. The topological polar surface area (TPSA) is 133 Å². The Bertz CT molecular complexity index is 1710. The van der Waals surface area contributed by atoms with Crippen LogP contribution in [0.5, 0.6) is 0 Å². The van der Waals surface area contributed by atoms with Crippen LogP contribution in [0.25, 0.3) is 27.8 Å². The van der Waals surface area contributed by atoms with E-state index in [1.54, 1.807) is 6.20 Å². The first-order chi connectivity index (χ1) is 21.3. The number of nitrogens with zero attached hydrogens (tertiary/aromatic N) is 6. The van der Waals surface area contributed by atoms with Crippen LogP contribution in [0.3, 0.4) is 0 Å². The van der Waals surface area contributed by atoms with E-state index in [-0.39, 0.29) is 0 Å². The van der Waals surface area contributed by atoms with Crippen molar-refractivity contribution in [2.75, 3.05) is 0 Å². The first kappa shape index (κ1) is 30.9. The molecule has 1 saturated carbocycles. The highest BCUT2D eigenvalue weighted by Gasteiger charge is 2.23. The first-order valence-corrected chi connectivity index (χ1v) is 15.5. The third-order valence-electron chi connectivity index (χ3n) is 8.52. The van der Waals surface area contributed by atoms with Gasteiger partial charge in [0.15, 0.2) is 0 Å². The van der Waals surface area contributed by atoms with Crippen molar-refractivity contribution < 1.29 is 5.11 Å². The van der Waals surface area contributed by atoms with Gasteiger partial charge in [-0.3, -0.25) is 9.67 Å². The van der Waals surface area contributed by atoms with Gasteiger partial charge in [-0.1, -0.05) is 75.6 Å². The molecule has 0 radical (unpaired) electrons. The molecule has 1 atom stereocenters. The maximum Gasteiger partial charge on any atom is 0.122 e. The summed E-state index contributed by atoms with van der Waals surface area (Å²) in [6.07, 6.45) is 9.45. The van der Waals surface area contributed by atoms with E-state index in [0.717, 1.165) is 44.8 Å². The largest absolute Gasteiger partial charge is 0.386 e. The molecule has 0 bridgehead atoms. The van der Waals surface area contributed by atoms with Crippen molar-refractivity contribution >= 4 is 16.7 Å². The van der Waals surface area contributed by atoms with Gasteiger partial charge in [-0.2, -0.15) is 15.3 Å². The number of amidine groups is 1. The minimum atomic E-state index is -0.625. The molecule has 0 aliphatic heterocycles. The van der Waals surface area contributed by atoms with Gasteiger partial charge in [0.1, 0.15) is 5.84 Å². The van der Waals surface area contributed by atoms with E-state index in [2.05, 4.69) is 43.0 Å². The Morgan fingerprint density at radius 1 is 0.977 bits per heavy atom. The van der Waals surface area contributed by atoms with E-state index in [9.17, 15) is 5.11 Å². The van der Waals surface area contributed by atoms with E-state index in [1.165, 1.54) is 37.7 Å². The second kappa shape index (κ2) is 13.9. The second-order valence-electron chi connectivity index (χ2n) is 11.9. The fourth-order valence-corrected chi connectivity index (χ4v) is 6.19. The molecule has 0 amide bonds. The SMILES string of the molecule is Cc1ncccc1-n1nc(-c2cccc3nn(CC(O)c4ccccc4)cc23)c(C(C)C)c1C.N/N=C(\N)C1CCCCC1. The van der Waals surface area contributed by atoms with Crippen LogP contribution in [0.15, 0.2) is 78.2 Å². The van der Waals surface area contributed by atoms with Crippen molar-refractivity contribution in [2.24, 2.45) is 22.6 Å². The van der Waals surface area contributed by atoms with Crippen LogP contribution in [0.1, 0.15) is 80.5 Å². The predicted molar refractivity (Wildman–Crippen MR) is 177 cm³/mol. The number of aromatic nitrogens is 5. The fourth-order valence-electron chi connectivity index (χ4n) is 6.19. The molecule has 1 fully saturated rings. The Morgan fingerprint density at radius 3 is 2.41 bits per heavy atom. The molecule has 0 saturated heterocycles. The Balaban J connectivity index is 0.000000328. The minimum Gasteiger partial charge on any atom is -0.386 e. The standard InChI is InChI=1S/C28H29N5O.C7H15N3/c1-18(2)27-20(4)33(25-14-9-15-29-19(25)3)31-28(27)22-12-8-13-24-23(22)16-32(30-24)17-26(34)21-10-6-5-7-11-21;8-7(10-9)6-4-2-1-3-5-6/h5-16,18,26,34H,17H2,1-4H3;6H,1-5,9H2,(H2,8,10). The lowest BCUT2D eigenvalue weighted by Crippen LogP contribution is -2.26. The highest BCUT2D eigenvalue weighted by atomic mass is 16.3. The van der Waals surface area contributed by atoms with Crippen LogP contribution in [0.4, 0.5) is 0 Å². The molecule has 2 aromatic carbocycles. The lowest BCUT2D eigenvalue weighted by atomic mass is 9.89. The molecule has 6 rings (SSSR count). The van der Waals surface area contributed by atoms with E-state index >= 15 is 0 Å². The van der Waals surface area contributed by atoms with Crippen LogP contribution in [0, 0.1) is 19.8 Å². The maximum absolute atomic E-state index is 10.7. The van der Waals surface area contributed by atoms with Gasteiger partial charge in [0, 0.05) is 40.5 Å². The summed E-state index contributed by atoms with van der Waals surface area (Å²) in [6.45, 7) is 8.92. The van der Waals surface area contributed by atoms with Crippen LogP contribution in [0.2, 0.25) is 0 Å². The summed E-state index contributed by atoms with van der Waals surface area (Å²) >= 11 is 0. The van der Waals surface area contributed by atoms with Crippen molar-refractivity contribution in [3.8, 4) is 16.9 Å². The van der Waals surface area contributed by atoms with Crippen LogP contribution in [-0.4, -0.2) is 35.5 Å².